The third kappa shape index (κ3) is 4.67. The van der Waals surface area contributed by atoms with Crippen molar-refractivity contribution < 1.29 is 14.6 Å². The molecule has 1 aliphatic rings. The Kier molecular flexibility index (Phi) is 7.01. The number of ether oxygens (including phenoxy) is 1. The molecule has 0 saturated carbocycles. The summed E-state index contributed by atoms with van der Waals surface area (Å²) in [4.78, 5) is 32.3. The van der Waals surface area contributed by atoms with Crippen molar-refractivity contribution in [1.82, 2.24) is 14.3 Å². The fourth-order valence-corrected chi connectivity index (χ4v) is 4.34. The van der Waals surface area contributed by atoms with Crippen molar-refractivity contribution >= 4 is 51.7 Å². The molecule has 0 bridgehead atoms. The first-order chi connectivity index (χ1) is 13.9. The standard InChI is InChI=1S/C19H22N4O4S2/c1-12(2)23-18(26)14(29-19(23)28)11-13-16(20-6-9-27-10-8-24)21-15-5-3-4-7-22(15)17(13)25/h3-5,7,11-12,20,24H,6,8-10H2,1-2H3/b14-11-. The summed E-state index contributed by atoms with van der Waals surface area (Å²) in [6.45, 7) is 4.69. The van der Waals surface area contributed by atoms with Gasteiger partial charge in [-0.2, -0.15) is 0 Å². The van der Waals surface area contributed by atoms with Crippen molar-refractivity contribution in [3.8, 4) is 0 Å². The molecule has 1 fully saturated rings. The largest absolute Gasteiger partial charge is 0.394 e. The molecule has 3 heterocycles. The first-order valence-corrected chi connectivity index (χ1v) is 10.4. The van der Waals surface area contributed by atoms with Crippen LogP contribution in [0.25, 0.3) is 11.7 Å². The second kappa shape index (κ2) is 9.49. The van der Waals surface area contributed by atoms with Gasteiger partial charge in [-0.3, -0.25) is 18.9 Å². The number of nitrogens with zero attached hydrogens (tertiary/aromatic N) is 3. The number of carbonyl (C=O) groups excluding carboxylic acids is 1. The summed E-state index contributed by atoms with van der Waals surface area (Å²) in [5.41, 5.74) is 0.479. The number of nitrogens with one attached hydrogen (secondary N) is 1. The predicted molar refractivity (Wildman–Crippen MR) is 118 cm³/mol. The van der Waals surface area contributed by atoms with Crippen molar-refractivity contribution in [2.75, 3.05) is 31.7 Å². The minimum atomic E-state index is -0.288. The summed E-state index contributed by atoms with van der Waals surface area (Å²) in [5, 5.41) is 11.9. The first-order valence-electron chi connectivity index (χ1n) is 9.15. The van der Waals surface area contributed by atoms with E-state index in [-0.39, 0.29) is 36.3 Å². The topological polar surface area (TPSA) is 96.2 Å². The van der Waals surface area contributed by atoms with Crippen LogP contribution in [-0.4, -0.2) is 62.0 Å². The molecule has 1 saturated heterocycles. The van der Waals surface area contributed by atoms with Gasteiger partial charge in [0.2, 0.25) is 0 Å². The number of thiocarbonyl (C=S) groups is 1. The van der Waals surface area contributed by atoms with Gasteiger partial charge in [-0.1, -0.05) is 30.0 Å². The molecule has 0 radical (unpaired) electrons. The highest BCUT2D eigenvalue weighted by Crippen LogP contribution is 2.34. The smallest absolute Gasteiger partial charge is 0.267 e. The van der Waals surface area contributed by atoms with E-state index in [0.717, 1.165) is 0 Å². The highest BCUT2D eigenvalue weighted by Gasteiger charge is 2.34. The molecule has 0 spiro atoms. The van der Waals surface area contributed by atoms with Crippen molar-refractivity contribution in [2.45, 2.75) is 19.9 Å². The summed E-state index contributed by atoms with van der Waals surface area (Å²) < 4.78 is 7.15. The number of rotatable bonds is 8. The molecular formula is C19H22N4O4S2. The zero-order valence-electron chi connectivity index (χ0n) is 16.1. The summed E-state index contributed by atoms with van der Waals surface area (Å²) >= 11 is 6.49. The third-order valence-electron chi connectivity index (χ3n) is 4.16. The molecule has 2 aromatic heterocycles. The van der Waals surface area contributed by atoms with Gasteiger partial charge in [0.1, 0.15) is 15.8 Å². The molecule has 0 aromatic carbocycles. The Morgan fingerprint density at radius 3 is 2.83 bits per heavy atom. The van der Waals surface area contributed by atoms with Gasteiger partial charge in [-0.05, 0) is 32.1 Å². The molecule has 0 unspecified atom stereocenters. The lowest BCUT2D eigenvalue weighted by Gasteiger charge is -2.18. The fraction of sp³-hybridized carbons (Fsp3) is 0.368. The van der Waals surface area contributed by atoms with Gasteiger partial charge in [0.05, 0.1) is 30.3 Å². The van der Waals surface area contributed by atoms with Gasteiger partial charge in [-0.15, -0.1) is 0 Å². The Bertz CT molecular complexity index is 1020. The molecule has 2 aromatic rings. The second-order valence-corrected chi connectivity index (χ2v) is 8.19. The van der Waals surface area contributed by atoms with E-state index < -0.39 is 0 Å². The van der Waals surface area contributed by atoms with Crippen LogP contribution >= 0.6 is 24.0 Å². The summed E-state index contributed by atoms with van der Waals surface area (Å²) in [6, 6.07) is 5.21. The SMILES string of the molecule is CC(C)N1C(=O)/C(=C/c2c(NCCOCCO)nc3ccccn3c2=O)SC1=S. The van der Waals surface area contributed by atoms with E-state index >= 15 is 0 Å². The second-order valence-electron chi connectivity index (χ2n) is 6.52. The third-order valence-corrected chi connectivity index (χ3v) is 5.49. The van der Waals surface area contributed by atoms with Crippen LogP contribution in [0, 0.1) is 0 Å². The minimum absolute atomic E-state index is 0.0570. The summed E-state index contributed by atoms with van der Waals surface area (Å²) in [7, 11) is 0. The van der Waals surface area contributed by atoms with Gasteiger partial charge >= 0.3 is 0 Å². The molecule has 2 N–H and O–H groups in total. The van der Waals surface area contributed by atoms with Crippen LogP contribution in [0.15, 0.2) is 34.1 Å². The Labute approximate surface area is 177 Å². The lowest BCUT2D eigenvalue weighted by molar-refractivity contribution is -0.123. The van der Waals surface area contributed by atoms with Crippen LogP contribution < -0.4 is 10.9 Å². The number of thioether (sulfide) groups is 1. The molecule has 8 nitrogen and oxygen atoms in total. The van der Waals surface area contributed by atoms with E-state index in [1.54, 1.807) is 30.5 Å². The van der Waals surface area contributed by atoms with E-state index in [4.69, 9.17) is 22.1 Å². The Morgan fingerprint density at radius 1 is 1.34 bits per heavy atom. The number of hydrogen-bond acceptors (Lipinski definition) is 8. The number of anilines is 1. The maximum Gasteiger partial charge on any atom is 0.267 e. The fourth-order valence-electron chi connectivity index (χ4n) is 2.83. The quantitative estimate of drug-likeness (QED) is 0.368. The van der Waals surface area contributed by atoms with Gasteiger partial charge in [0.25, 0.3) is 11.5 Å². The lowest BCUT2D eigenvalue weighted by Crippen LogP contribution is -2.34. The zero-order valence-corrected chi connectivity index (χ0v) is 17.8. The Hall–Kier alpha value is -2.27. The molecule has 10 heteroatoms. The van der Waals surface area contributed by atoms with E-state index in [2.05, 4.69) is 10.3 Å². The molecule has 0 aliphatic carbocycles. The van der Waals surface area contributed by atoms with Crippen LogP contribution in [0.5, 0.6) is 0 Å². The maximum atomic E-state index is 13.1. The van der Waals surface area contributed by atoms with Gasteiger partial charge < -0.3 is 15.2 Å². The Morgan fingerprint density at radius 2 is 2.14 bits per heavy atom. The highest BCUT2D eigenvalue weighted by molar-refractivity contribution is 8.26. The Balaban J connectivity index is 2.00. The number of aliphatic hydroxyl groups is 1. The molecule has 3 rings (SSSR count). The monoisotopic (exact) mass is 434 g/mol. The number of carbonyl (C=O) groups is 1. The summed E-state index contributed by atoms with van der Waals surface area (Å²) in [5.74, 6) is 0.147. The van der Waals surface area contributed by atoms with Gasteiger partial charge in [0.15, 0.2) is 0 Å². The van der Waals surface area contributed by atoms with Crippen LogP contribution in [-0.2, 0) is 9.53 Å². The molecule has 1 aliphatic heterocycles. The number of aromatic nitrogens is 2. The number of aliphatic hydroxyl groups excluding tert-OH is 1. The van der Waals surface area contributed by atoms with Crippen LogP contribution in [0.4, 0.5) is 5.82 Å². The van der Waals surface area contributed by atoms with Crippen LogP contribution in [0.1, 0.15) is 19.4 Å². The molecule has 0 atom stereocenters. The average molecular weight is 435 g/mol. The van der Waals surface area contributed by atoms with Crippen molar-refractivity contribution in [1.29, 1.82) is 0 Å². The minimum Gasteiger partial charge on any atom is -0.394 e. The number of fused-ring (bicyclic) bond motifs is 1. The van der Waals surface area contributed by atoms with E-state index in [0.29, 0.717) is 33.8 Å². The van der Waals surface area contributed by atoms with E-state index in [1.807, 2.05) is 13.8 Å². The summed E-state index contributed by atoms with van der Waals surface area (Å²) in [6.07, 6.45) is 3.18. The first kappa shape index (κ1) is 21.4. The van der Waals surface area contributed by atoms with Crippen molar-refractivity contribution in [2.24, 2.45) is 0 Å². The lowest BCUT2D eigenvalue weighted by atomic mass is 10.2. The van der Waals surface area contributed by atoms with Crippen molar-refractivity contribution in [3.05, 3.63) is 45.2 Å². The number of amides is 1. The van der Waals surface area contributed by atoms with E-state index in [1.165, 1.54) is 21.1 Å². The van der Waals surface area contributed by atoms with Crippen LogP contribution in [0.2, 0.25) is 0 Å². The normalized spacial score (nSPS) is 15.9. The van der Waals surface area contributed by atoms with Crippen molar-refractivity contribution in [3.63, 3.8) is 0 Å². The van der Waals surface area contributed by atoms with Gasteiger partial charge in [-0.25, -0.2) is 4.98 Å². The maximum absolute atomic E-state index is 13.1. The number of pyridine rings is 1. The molecule has 154 valence electrons. The molecule has 29 heavy (non-hydrogen) atoms. The van der Waals surface area contributed by atoms with Gasteiger partial charge in [0, 0.05) is 18.8 Å². The highest BCUT2D eigenvalue weighted by atomic mass is 32.2. The van der Waals surface area contributed by atoms with E-state index in [9.17, 15) is 9.59 Å². The molecular weight excluding hydrogens is 412 g/mol. The number of hydrogen-bond donors (Lipinski definition) is 2. The molecule has 1 amide bonds. The predicted octanol–water partition coefficient (Wildman–Crippen LogP) is 1.72. The average Bonchev–Trinajstić information content (AvgIpc) is 2.97. The zero-order chi connectivity index (χ0) is 21.0. The van der Waals surface area contributed by atoms with Crippen LogP contribution in [0.3, 0.4) is 0 Å².